The molecular weight excluding hydrogens is 436 g/mol. The maximum atomic E-state index is 13.1. The van der Waals surface area contributed by atoms with E-state index < -0.39 is 0 Å². The Hall–Kier alpha value is -3.90. The van der Waals surface area contributed by atoms with Crippen molar-refractivity contribution >= 4 is 23.4 Å². The van der Waals surface area contributed by atoms with Gasteiger partial charge in [-0.1, -0.05) is 66.2 Å². The fraction of sp³-hybridized carbons (Fsp3) is 0.115. The van der Waals surface area contributed by atoms with Crippen LogP contribution in [0.3, 0.4) is 0 Å². The molecule has 0 fully saturated rings. The van der Waals surface area contributed by atoms with Crippen LogP contribution in [0.5, 0.6) is 0 Å². The van der Waals surface area contributed by atoms with Gasteiger partial charge < -0.3 is 10.6 Å². The molecule has 4 rings (SSSR count). The van der Waals surface area contributed by atoms with Crippen molar-refractivity contribution in [2.24, 2.45) is 0 Å². The number of hydrogen-bond donors (Lipinski definition) is 2. The first-order valence-corrected chi connectivity index (χ1v) is 10.9. The van der Waals surface area contributed by atoms with Crippen LogP contribution in [-0.4, -0.2) is 28.6 Å². The predicted octanol–water partition coefficient (Wildman–Crippen LogP) is 4.54. The molecule has 0 radical (unpaired) electrons. The van der Waals surface area contributed by atoms with Crippen molar-refractivity contribution in [2.45, 2.75) is 13.1 Å². The molecule has 33 heavy (non-hydrogen) atoms. The Labute approximate surface area is 197 Å². The lowest BCUT2D eigenvalue weighted by Crippen LogP contribution is -2.23. The molecule has 0 aliphatic rings. The highest BCUT2D eigenvalue weighted by Gasteiger charge is 2.18. The topological polar surface area (TPSA) is 76.0 Å². The Kier molecular flexibility index (Phi) is 6.86. The summed E-state index contributed by atoms with van der Waals surface area (Å²) in [6.45, 7) is 0.881. The molecule has 6 nitrogen and oxygen atoms in total. The molecule has 2 amide bonds. The lowest BCUT2D eigenvalue weighted by molar-refractivity contribution is 0.0946. The van der Waals surface area contributed by atoms with Crippen LogP contribution in [0.15, 0.2) is 85.1 Å². The summed E-state index contributed by atoms with van der Waals surface area (Å²) in [5.74, 6) is -0.376. The highest BCUT2D eigenvalue weighted by molar-refractivity contribution is 6.30. The molecule has 7 heteroatoms. The molecule has 3 aromatic carbocycles. The first-order chi connectivity index (χ1) is 16.0. The first kappa shape index (κ1) is 22.3. The summed E-state index contributed by atoms with van der Waals surface area (Å²) in [4.78, 5) is 24.8. The largest absolute Gasteiger partial charge is 0.355 e. The van der Waals surface area contributed by atoms with E-state index in [0.717, 1.165) is 16.7 Å². The van der Waals surface area contributed by atoms with Gasteiger partial charge in [0.2, 0.25) is 0 Å². The second kappa shape index (κ2) is 10.1. The minimum Gasteiger partial charge on any atom is -0.355 e. The van der Waals surface area contributed by atoms with Crippen LogP contribution in [0.2, 0.25) is 5.02 Å². The molecule has 166 valence electrons. The molecule has 0 spiro atoms. The number of carbonyl (C=O) groups is 2. The van der Waals surface area contributed by atoms with Gasteiger partial charge in [-0.25, -0.2) is 0 Å². The predicted molar refractivity (Wildman–Crippen MR) is 129 cm³/mol. The first-order valence-electron chi connectivity index (χ1n) is 10.5. The minimum atomic E-state index is -0.227. The Morgan fingerprint density at radius 1 is 0.879 bits per heavy atom. The summed E-state index contributed by atoms with van der Waals surface area (Å²) in [6, 6.07) is 24.3. The van der Waals surface area contributed by atoms with Crippen LogP contribution in [0.25, 0.3) is 11.3 Å². The van der Waals surface area contributed by atoms with Crippen molar-refractivity contribution in [3.63, 3.8) is 0 Å². The summed E-state index contributed by atoms with van der Waals surface area (Å²) >= 11 is 6.04. The number of amides is 2. The number of nitrogens with zero attached hydrogens (tertiary/aromatic N) is 2. The summed E-state index contributed by atoms with van der Waals surface area (Å²) in [6.07, 6.45) is 1.76. The molecular formula is C26H23ClN4O2. The quantitative estimate of drug-likeness (QED) is 0.427. The zero-order valence-corrected chi connectivity index (χ0v) is 18.8. The SMILES string of the molecule is CNC(=O)c1ccc(CNC(=O)c2cn(Cc3ccccc3)nc2-c2ccc(Cl)cc2)cc1. The van der Waals surface area contributed by atoms with E-state index >= 15 is 0 Å². The van der Waals surface area contributed by atoms with Gasteiger partial charge in [-0.15, -0.1) is 0 Å². The number of aromatic nitrogens is 2. The van der Waals surface area contributed by atoms with Gasteiger partial charge in [0.25, 0.3) is 11.8 Å². The zero-order chi connectivity index (χ0) is 23.2. The third-order valence-electron chi connectivity index (χ3n) is 5.21. The van der Waals surface area contributed by atoms with Gasteiger partial charge in [0, 0.05) is 35.9 Å². The van der Waals surface area contributed by atoms with Gasteiger partial charge in [0.15, 0.2) is 0 Å². The number of halogens is 1. The highest BCUT2D eigenvalue weighted by Crippen LogP contribution is 2.24. The minimum absolute atomic E-state index is 0.149. The molecule has 1 aromatic heterocycles. The molecule has 0 aliphatic heterocycles. The van der Waals surface area contributed by atoms with Crippen LogP contribution in [0.4, 0.5) is 0 Å². The number of rotatable bonds is 7. The Morgan fingerprint density at radius 2 is 1.58 bits per heavy atom. The van der Waals surface area contributed by atoms with Crippen LogP contribution in [-0.2, 0) is 13.1 Å². The second-order valence-electron chi connectivity index (χ2n) is 7.54. The smallest absolute Gasteiger partial charge is 0.255 e. The Bertz CT molecular complexity index is 1250. The number of benzene rings is 3. The summed E-state index contributed by atoms with van der Waals surface area (Å²) in [5.41, 5.74) is 4.43. The van der Waals surface area contributed by atoms with Crippen molar-refractivity contribution in [3.05, 3.63) is 112 Å². The summed E-state index contributed by atoms with van der Waals surface area (Å²) in [5, 5.41) is 10.9. The molecule has 0 saturated carbocycles. The standard InChI is InChI=1S/C26H23ClN4O2/c1-28-25(32)21-9-7-18(8-10-21)15-29-26(33)23-17-31(16-19-5-3-2-4-6-19)30-24(23)20-11-13-22(27)14-12-20/h2-14,17H,15-16H2,1H3,(H,28,32)(H,29,33). The van der Waals surface area contributed by atoms with Crippen LogP contribution in [0.1, 0.15) is 31.8 Å². The van der Waals surface area contributed by atoms with Gasteiger partial charge >= 0.3 is 0 Å². The van der Waals surface area contributed by atoms with E-state index in [1.165, 1.54) is 0 Å². The summed E-state index contributed by atoms with van der Waals surface area (Å²) < 4.78 is 1.77. The van der Waals surface area contributed by atoms with Crippen LogP contribution >= 0.6 is 11.6 Å². The molecule has 0 unspecified atom stereocenters. The molecule has 0 atom stereocenters. The molecule has 2 N–H and O–H groups in total. The third kappa shape index (κ3) is 5.48. The van der Waals surface area contributed by atoms with E-state index in [2.05, 4.69) is 10.6 Å². The fourth-order valence-corrected chi connectivity index (χ4v) is 3.58. The molecule has 1 heterocycles. The Balaban J connectivity index is 1.56. The number of nitrogens with one attached hydrogen (secondary N) is 2. The average Bonchev–Trinajstić information content (AvgIpc) is 3.27. The highest BCUT2D eigenvalue weighted by atomic mass is 35.5. The maximum absolute atomic E-state index is 13.1. The number of hydrogen-bond acceptors (Lipinski definition) is 3. The van der Waals surface area contributed by atoms with Crippen molar-refractivity contribution in [1.29, 1.82) is 0 Å². The van der Waals surface area contributed by atoms with Crippen molar-refractivity contribution in [1.82, 2.24) is 20.4 Å². The Morgan fingerprint density at radius 3 is 2.24 bits per heavy atom. The monoisotopic (exact) mass is 458 g/mol. The molecule has 0 bridgehead atoms. The van der Waals surface area contributed by atoms with E-state index in [1.807, 2.05) is 54.6 Å². The lowest BCUT2D eigenvalue weighted by Gasteiger charge is -2.07. The van der Waals surface area contributed by atoms with Crippen LogP contribution < -0.4 is 10.6 Å². The fourth-order valence-electron chi connectivity index (χ4n) is 3.46. The van der Waals surface area contributed by atoms with E-state index in [0.29, 0.717) is 34.9 Å². The van der Waals surface area contributed by atoms with Crippen molar-refractivity contribution < 1.29 is 9.59 Å². The molecule has 0 saturated heterocycles. The van der Waals surface area contributed by atoms with Crippen molar-refractivity contribution in [3.8, 4) is 11.3 Å². The summed E-state index contributed by atoms with van der Waals surface area (Å²) in [7, 11) is 1.59. The van der Waals surface area contributed by atoms with Gasteiger partial charge in [0.05, 0.1) is 12.1 Å². The average molecular weight is 459 g/mol. The second-order valence-corrected chi connectivity index (χ2v) is 7.98. The maximum Gasteiger partial charge on any atom is 0.255 e. The molecule has 0 aliphatic carbocycles. The van der Waals surface area contributed by atoms with E-state index in [4.69, 9.17) is 16.7 Å². The van der Waals surface area contributed by atoms with Gasteiger partial charge in [-0.2, -0.15) is 5.10 Å². The lowest BCUT2D eigenvalue weighted by atomic mass is 10.1. The zero-order valence-electron chi connectivity index (χ0n) is 18.1. The number of carbonyl (C=O) groups excluding carboxylic acids is 2. The normalized spacial score (nSPS) is 10.6. The van der Waals surface area contributed by atoms with E-state index in [9.17, 15) is 9.59 Å². The van der Waals surface area contributed by atoms with Gasteiger partial charge in [-0.3, -0.25) is 14.3 Å². The van der Waals surface area contributed by atoms with Crippen LogP contribution in [0, 0.1) is 0 Å². The van der Waals surface area contributed by atoms with E-state index in [1.54, 1.807) is 42.2 Å². The van der Waals surface area contributed by atoms with Gasteiger partial charge in [0.1, 0.15) is 5.69 Å². The van der Waals surface area contributed by atoms with Gasteiger partial charge in [-0.05, 0) is 35.4 Å². The third-order valence-corrected chi connectivity index (χ3v) is 5.46. The van der Waals surface area contributed by atoms with Crippen molar-refractivity contribution in [2.75, 3.05) is 7.05 Å². The molecule has 4 aromatic rings. The van der Waals surface area contributed by atoms with E-state index in [-0.39, 0.29) is 11.8 Å².